The Morgan fingerprint density at radius 2 is 1.87 bits per heavy atom. The van der Waals surface area contributed by atoms with Gasteiger partial charge in [-0.15, -0.1) is 0 Å². The molecule has 0 unspecified atom stereocenters. The summed E-state index contributed by atoms with van der Waals surface area (Å²) in [6.45, 7) is 3.97. The van der Waals surface area contributed by atoms with Gasteiger partial charge < -0.3 is 5.32 Å². The van der Waals surface area contributed by atoms with Crippen molar-refractivity contribution in [2.45, 2.75) is 45.2 Å². The molecule has 3 nitrogen and oxygen atoms in total. The van der Waals surface area contributed by atoms with Gasteiger partial charge in [-0.3, -0.25) is 10.1 Å². The van der Waals surface area contributed by atoms with Crippen LogP contribution in [0.25, 0.3) is 0 Å². The Morgan fingerprint density at radius 3 is 2.65 bits per heavy atom. The Kier molecular flexibility index (Phi) is 4.77. The lowest BCUT2D eigenvalue weighted by molar-refractivity contribution is -0.118. The molecule has 1 amide bonds. The first-order valence-corrected chi connectivity index (χ1v) is 8.35. The SMILES string of the molecule is Cc1ccc(NC(=O)[C@@H](C)N[C@@H]2CCCc3ccccc32)cc1. The third-order valence-corrected chi connectivity index (χ3v) is 4.53. The Labute approximate surface area is 138 Å². The van der Waals surface area contributed by atoms with Crippen molar-refractivity contribution < 1.29 is 4.79 Å². The standard InChI is InChI=1S/C20H24N2O/c1-14-10-12-17(13-11-14)22-20(23)15(2)21-19-9-5-7-16-6-3-4-8-18(16)19/h3-4,6,8,10-13,15,19,21H,5,7,9H2,1-2H3,(H,22,23)/t15-,19-/m1/s1. The number of rotatable bonds is 4. The van der Waals surface area contributed by atoms with E-state index in [-0.39, 0.29) is 18.0 Å². The highest BCUT2D eigenvalue weighted by Gasteiger charge is 2.23. The summed E-state index contributed by atoms with van der Waals surface area (Å²) in [5, 5.41) is 6.48. The Hall–Kier alpha value is -2.13. The van der Waals surface area contributed by atoms with Crippen LogP contribution in [-0.2, 0) is 11.2 Å². The lowest BCUT2D eigenvalue weighted by Gasteiger charge is -2.28. The number of aryl methyl sites for hydroxylation is 2. The zero-order valence-corrected chi connectivity index (χ0v) is 13.8. The average molecular weight is 308 g/mol. The first-order valence-electron chi connectivity index (χ1n) is 8.35. The van der Waals surface area contributed by atoms with Crippen LogP contribution in [0.1, 0.15) is 42.5 Å². The zero-order valence-electron chi connectivity index (χ0n) is 13.8. The molecule has 2 aromatic carbocycles. The molecule has 23 heavy (non-hydrogen) atoms. The molecular formula is C20H24N2O. The lowest BCUT2D eigenvalue weighted by Crippen LogP contribution is -2.41. The van der Waals surface area contributed by atoms with Crippen molar-refractivity contribution in [3.63, 3.8) is 0 Å². The predicted molar refractivity (Wildman–Crippen MR) is 94.5 cm³/mol. The minimum Gasteiger partial charge on any atom is -0.325 e. The topological polar surface area (TPSA) is 41.1 Å². The van der Waals surface area contributed by atoms with Crippen LogP contribution in [0.4, 0.5) is 5.69 Å². The van der Waals surface area contributed by atoms with Gasteiger partial charge in [0, 0.05) is 11.7 Å². The molecule has 0 aliphatic heterocycles. The third kappa shape index (κ3) is 3.80. The fourth-order valence-corrected chi connectivity index (χ4v) is 3.19. The maximum Gasteiger partial charge on any atom is 0.241 e. The van der Waals surface area contributed by atoms with Gasteiger partial charge in [0.25, 0.3) is 0 Å². The van der Waals surface area contributed by atoms with E-state index in [4.69, 9.17) is 0 Å². The minimum absolute atomic E-state index is 0.0110. The van der Waals surface area contributed by atoms with E-state index in [0.717, 1.165) is 18.5 Å². The first kappa shape index (κ1) is 15.8. The van der Waals surface area contributed by atoms with Gasteiger partial charge in [0.2, 0.25) is 5.91 Å². The van der Waals surface area contributed by atoms with Gasteiger partial charge in [0.1, 0.15) is 0 Å². The number of hydrogen-bond donors (Lipinski definition) is 2. The molecule has 0 bridgehead atoms. The molecule has 2 N–H and O–H groups in total. The maximum atomic E-state index is 12.4. The highest BCUT2D eigenvalue weighted by Crippen LogP contribution is 2.29. The summed E-state index contributed by atoms with van der Waals surface area (Å²) in [7, 11) is 0. The summed E-state index contributed by atoms with van der Waals surface area (Å²) >= 11 is 0. The summed E-state index contributed by atoms with van der Waals surface area (Å²) in [6.07, 6.45) is 3.39. The second kappa shape index (κ2) is 6.97. The van der Waals surface area contributed by atoms with E-state index in [0.29, 0.717) is 0 Å². The average Bonchev–Trinajstić information content (AvgIpc) is 2.57. The fourth-order valence-electron chi connectivity index (χ4n) is 3.19. The van der Waals surface area contributed by atoms with Gasteiger partial charge in [-0.25, -0.2) is 0 Å². The van der Waals surface area contributed by atoms with Crippen molar-refractivity contribution in [1.29, 1.82) is 0 Å². The zero-order chi connectivity index (χ0) is 16.2. The summed E-state index contributed by atoms with van der Waals surface area (Å²) in [4.78, 5) is 12.4. The molecule has 1 aliphatic carbocycles. The third-order valence-electron chi connectivity index (χ3n) is 4.53. The highest BCUT2D eigenvalue weighted by atomic mass is 16.2. The normalized spacial score (nSPS) is 18.1. The van der Waals surface area contributed by atoms with Gasteiger partial charge in [0.15, 0.2) is 0 Å². The minimum atomic E-state index is -0.229. The quantitative estimate of drug-likeness (QED) is 0.896. The molecule has 2 atom stereocenters. The molecule has 3 rings (SSSR count). The number of anilines is 1. The number of hydrogen-bond acceptors (Lipinski definition) is 2. The maximum absolute atomic E-state index is 12.4. The van der Waals surface area contributed by atoms with Gasteiger partial charge in [-0.1, -0.05) is 42.0 Å². The second-order valence-electron chi connectivity index (χ2n) is 6.39. The first-order chi connectivity index (χ1) is 11.1. The number of amides is 1. The van der Waals surface area contributed by atoms with Crippen molar-refractivity contribution in [3.05, 3.63) is 65.2 Å². The van der Waals surface area contributed by atoms with Crippen LogP contribution in [0.3, 0.4) is 0 Å². The molecule has 3 heteroatoms. The summed E-state index contributed by atoms with van der Waals surface area (Å²) in [6, 6.07) is 16.5. The van der Waals surface area contributed by atoms with Gasteiger partial charge in [-0.05, 0) is 56.4 Å². The number of carbonyl (C=O) groups excluding carboxylic acids is 1. The molecule has 1 aliphatic rings. The molecule has 0 radical (unpaired) electrons. The van der Waals surface area contributed by atoms with Crippen molar-refractivity contribution in [2.75, 3.05) is 5.32 Å². The number of fused-ring (bicyclic) bond motifs is 1. The van der Waals surface area contributed by atoms with Crippen molar-refractivity contribution in [2.24, 2.45) is 0 Å². The van der Waals surface area contributed by atoms with Crippen LogP contribution in [0.15, 0.2) is 48.5 Å². The highest BCUT2D eigenvalue weighted by molar-refractivity contribution is 5.94. The molecular weight excluding hydrogens is 284 g/mol. The second-order valence-corrected chi connectivity index (χ2v) is 6.39. The van der Waals surface area contributed by atoms with E-state index in [1.54, 1.807) is 0 Å². The van der Waals surface area contributed by atoms with E-state index in [1.165, 1.54) is 23.1 Å². The molecule has 0 aromatic heterocycles. The van der Waals surface area contributed by atoms with Crippen molar-refractivity contribution in [1.82, 2.24) is 5.32 Å². The van der Waals surface area contributed by atoms with Crippen molar-refractivity contribution in [3.8, 4) is 0 Å². The van der Waals surface area contributed by atoms with Crippen LogP contribution < -0.4 is 10.6 Å². The van der Waals surface area contributed by atoms with E-state index in [2.05, 4.69) is 34.9 Å². The van der Waals surface area contributed by atoms with E-state index >= 15 is 0 Å². The Balaban J connectivity index is 1.64. The summed E-state index contributed by atoms with van der Waals surface area (Å²) < 4.78 is 0. The molecule has 0 saturated carbocycles. The summed E-state index contributed by atoms with van der Waals surface area (Å²) in [5.74, 6) is 0.0110. The summed E-state index contributed by atoms with van der Waals surface area (Å²) in [5.41, 5.74) is 4.78. The monoisotopic (exact) mass is 308 g/mol. The van der Waals surface area contributed by atoms with Crippen molar-refractivity contribution >= 4 is 11.6 Å². The Morgan fingerprint density at radius 1 is 1.13 bits per heavy atom. The van der Waals surface area contributed by atoms with Crippen LogP contribution in [0.5, 0.6) is 0 Å². The number of nitrogens with one attached hydrogen (secondary N) is 2. The van der Waals surface area contributed by atoms with E-state index in [9.17, 15) is 4.79 Å². The predicted octanol–water partition coefficient (Wildman–Crippen LogP) is 3.99. The van der Waals surface area contributed by atoms with Crippen LogP contribution >= 0.6 is 0 Å². The smallest absolute Gasteiger partial charge is 0.241 e. The number of benzene rings is 2. The lowest BCUT2D eigenvalue weighted by atomic mass is 9.87. The van der Waals surface area contributed by atoms with E-state index in [1.807, 2.05) is 38.1 Å². The van der Waals surface area contributed by atoms with Crippen LogP contribution in [0, 0.1) is 6.92 Å². The molecule has 0 fully saturated rings. The van der Waals surface area contributed by atoms with E-state index < -0.39 is 0 Å². The molecule has 0 saturated heterocycles. The van der Waals surface area contributed by atoms with Gasteiger partial charge >= 0.3 is 0 Å². The fraction of sp³-hybridized carbons (Fsp3) is 0.350. The molecule has 2 aromatic rings. The molecule has 0 spiro atoms. The van der Waals surface area contributed by atoms with Crippen LogP contribution in [-0.4, -0.2) is 11.9 Å². The molecule has 120 valence electrons. The largest absolute Gasteiger partial charge is 0.325 e. The van der Waals surface area contributed by atoms with Crippen LogP contribution in [0.2, 0.25) is 0 Å². The van der Waals surface area contributed by atoms with Gasteiger partial charge in [-0.2, -0.15) is 0 Å². The Bertz CT molecular complexity index is 678. The molecule has 0 heterocycles. The van der Waals surface area contributed by atoms with Gasteiger partial charge in [0.05, 0.1) is 6.04 Å². The number of carbonyl (C=O) groups is 1.